The first-order chi connectivity index (χ1) is 12.4. The Morgan fingerprint density at radius 2 is 1.96 bits per heavy atom. The monoisotopic (exact) mass is 378 g/mol. The summed E-state index contributed by atoms with van der Waals surface area (Å²) >= 11 is 6.23. The van der Waals surface area contributed by atoms with Crippen LogP contribution in [0, 0.1) is 11.6 Å². The third kappa shape index (κ3) is 3.30. The van der Waals surface area contributed by atoms with E-state index in [-0.39, 0.29) is 11.1 Å². The summed E-state index contributed by atoms with van der Waals surface area (Å²) in [6, 6.07) is 6.20. The highest BCUT2D eigenvalue weighted by Crippen LogP contribution is 2.37. The van der Waals surface area contributed by atoms with Crippen molar-refractivity contribution in [2.45, 2.75) is 19.3 Å². The minimum atomic E-state index is -1.10. The summed E-state index contributed by atoms with van der Waals surface area (Å²) in [5.74, 6) is -2.52. The maximum absolute atomic E-state index is 14.4. The number of nitrogens with two attached hydrogens (primary N) is 1. The molecule has 0 aliphatic carbocycles. The van der Waals surface area contributed by atoms with Crippen LogP contribution in [0.2, 0.25) is 5.02 Å². The molecular formula is C19H17ClF2N2O2. The fourth-order valence-electron chi connectivity index (χ4n) is 3.13. The number of carboxylic acids is 1. The predicted octanol–water partition coefficient (Wildman–Crippen LogP) is 4.75. The molecule has 0 bridgehead atoms. The van der Waals surface area contributed by atoms with Crippen LogP contribution >= 0.6 is 11.6 Å². The van der Waals surface area contributed by atoms with Crippen LogP contribution < -0.4 is 5.73 Å². The summed E-state index contributed by atoms with van der Waals surface area (Å²) in [4.78, 5) is 14.7. The Bertz CT molecular complexity index is 985. The molecule has 0 spiro atoms. The van der Waals surface area contributed by atoms with E-state index in [1.54, 1.807) is 0 Å². The van der Waals surface area contributed by atoms with E-state index in [2.05, 4.69) is 4.98 Å². The zero-order valence-electron chi connectivity index (χ0n) is 13.8. The molecule has 0 saturated carbocycles. The fraction of sp³-hybridized carbons (Fsp3) is 0.211. The molecule has 0 aliphatic heterocycles. The summed E-state index contributed by atoms with van der Waals surface area (Å²) in [6.45, 7) is 0.495. The number of aromatic nitrogens is 1. The van der Waals surface area contributed by atoms with Crippen molar-refractivity contribution in [2.24, 2.45) is 5.73 Å². The summed E-state index contributed by atoms with van der Waals surface area (Å²) in [7, 11) is 0. The normalized spacial score (nSPS) is 11.2. The second kappa shape index (κ2) is 7.43. The van der Waals surface area contributed by atoms with Crippen LogP contribution in [-0.4, -0.2) is 22.6 Å². The molecule has 0 fully saturated rings. The Kier molecular flexibility index (Phi) is 5.25. The highest BCUT2D eigenvalue weighted by Gasteiger charge is 2.22. The van der Waals surface area contributed by atoms with Crippen molar-refractivity contribution in [3.63, 3.8) is 0 Å². The standard InChI is InChI=1S/C19H17ClF2N2O2/c20-14-7-6-13(19(25)26)16-12(3-1-2-8-23)17(24-18(14)16)11-5-4-10(21)9-15(11)22/h4-7,9,24H,1-3,8,23H2,(H,25,26). The van der Waals surface area contributed by atoms with Gasteiger partial charge < -0.3 is 15.8 Å². The first-order valence-electron chi connectivity index (χ1n) is 8.16. The van der Waals surface area contributed by atoms with Crippen LogP contribution in [0.1, 0.15) is 28.8 Å². The number of fused-ring (bicyclic) bond motifs is 1. The van der Waals surface area contributed by atoms with E-state index in [0.29, 0.717) is 46.6 Å². The summed E-state index contributed by atoms with van der Waals surface area (Å²) in [5.41, 5.74) is 7.26. The molecule has 0 unspecified atom stereocenters. The number of halogens is 3. The molecule has 2 aromatic carbocycles. The van der Waals surface area contributed by atoms with E-state index in [9.17, 15) is 18.7 Å². The highest BCUT2D eigenvalue weighted by atomic mass is 35.5. The Hall–Kier alpha value is -2.44. The van der Waals surface area contributed by atoms with E-state index in [1.165, 1.54) is 18.2 Å². The van der Waals surface area contributed by atoms with Crippen molar-refractivity contribution in [3.8, 4) is 11.3 Å². The second-order valence-corrected chi connectivity index (χ2v) is 6.41. The molecule has 0 atom stereocenters. The smallest absolute Gasteiger partial charge is 0.336 e. The lowest BCUT2D eigenvalue weighted by Gasteiger charge is -2.08. The number of aromatic carboxylic acids is 1. The number of hydrogen-bond acceptors (Lipinski definition) is 2. The van der Waals surface area contributed by atoms with Gasteiger partial charge in [0.2, 0.25) is 0 Å². The summed E-state index contributed by atoms with van der Waals surface area (Å²) in [5, 5.41) is 10.3. The van der Waals surface area contributed by atoms with Gasteiger partial charge in [-0.05, 0) is 55.6 Å². The van der Waals surface area contributed by atoms with Gasteiger partial charge in [-0.15, -0.1) is 0 Å². The zero-order valence-corrected chi connectivity index (χ0v) is 14.5. The van der Waals surface area contributed by atoms with Gasteiger partial charge in [0, 0.05) is 17.0 Å². The van der Waals surface area contributed by atoms with E-state index in [4.69, 9.17) is 17.3 Å². The van der Waals surface area contributed by atoms with E-state index < -0.39 is 17.6 Å². The van der Waals surface area contributed by atoms with Gasteiger partial charge in [-0.3, -0.25) is 0 Å². The van der Waals surface area contributed by atoms with Crippen molar-refractivity contribution in [1.29, 1.82) is 0 Å². The van der Waals surface area contributed by atoms with Gasteiger partial charge in [0.25, 0.3) is 0 Å². The van der Waals surface area contributed by atoms with Gasteiger partial charge in [0.1, 0.15) is 11.6 Å². The van der Waals surface area contributed by atoms with Crippen LogP contribution in [-0.2, 0) is 6.42 Å². The molecule has 3 aromatic rings. The molecule has 0 radical (unpaired) electrons. The van der Waals surface area contributed by atoms with Crippen molar-refractivity contribution in [1.82, 2.24) is 4.98 Å². The number of hydrogen-bond donors (Lipinski definition) is 3. The Balaban J connectivity index is 2.30. The molecule has 4 nitrogen and oxygen atoms in total. The molecule has 0 aliphatic rings. The van der Waals surface area contributed by atoms with Gasteiger partial charge in [-0.25, -0.2) is 13.6 Å². The SMILES string of the molecule is NCCCCc1c(-c2ccc(F)cc2F)[nH]c2c(Cl)ccc(C(=O)O)c12. The Labute approximate surface area is 153 Å². The van der Waals surface area contributed by atoms with Gasteiger partial charge in [-0.2, -0.15) is 0 Å². The third-order valence-electron chi connectivity index (χ3n) is 4.32. The minimum Gasteiger partial charge on any atom is -0.478 e. The predicted molar refractivity (Wildman–Crippen MR) is 97.6 cm³/mol. The number of carboxylic acid groups (broad SMARTS) is 1. The lowest BCUT2D eigenvalue weighted by Crippen LogP contribution is -2.01. The van der Waals surface area contributed by atoms with Gasteiger partial charge in [0.15, 0.2) is 0 Å². The van der Waals surface area contributed by atoms with E-state index in [0.717, 1.165) is 18.6 Å². The number of benzene rings is 2. The van der Waals surface area contributed by atoms with Crippen molar-refractivity contribution < 1.29 is 18.7 Å². The van der Waals surface area contributed by atoms with Crippen LogP contribution in [0.15, 0.2) is 30.3 Å². The summed E-state index contributed by atoms with van der Waals surface area (Å²) in [6.07, 6.45) is 1.93. The number of aryl methyl sites for hydroxylation is 1. The second-order valence-electron chi connectivity index (χ2n) is 6.00. The minimum absolute atomic E-state index is 0.0807. The van der Waals surface area contributed by atoms with Crippen molar-refractivity contribution >= 4 is 28.5 Å². The average molecular weight is 379 g/mol. The number of rotatable bonds is 6. The molecule has 1 aromatic heterocycles. The zero-order chi connectivity index (χ0) is 18.8. The number of aromatic amines is 1. The topological polar surface area (TPSA) is 79.1 Å². The summed E-state index contributed by atoms with van der Waals surface area (Å²) < 4.78 is 27.7. The largest absolute Gasteiger partial charge is 0.478 e. The fourth-order valence-corrected chi connectivity index (χ4v) is 3.34. The number of nitrogens with one attached hydrogen (secondary N) is 1. The first kappa shape index (κ1) is 18.4. The van der Waals surface area contributed by atoms with E-state index >= 15 is 0 Å². The lowest BCUT2D eigenvalue weighted by molar-refractivity contribution is 0.0699. The molecular weight excluding hydrogens is 362 g/mol. The molecule has 4 N–H and O–H groups in total. The van der Waals surface area contributed by atoms with Crippen molar-refractivity contribution in [3.05, 3.63) is 58.1 Å². The molecule has 136 valence electrons. The van der Waals surface area contributed by atoms with Crippen LogP contribution in [0.25, 0.3) is 22.2 Å². The van der Waals surface area contributed by atoms with E-state index in [1.807, 2.05) is 0 Å². The maximum Gasteiger partial charge on any atom is 0.336 e. The van der Waals surface area contributed by atoms with Crippen LogP contribution in [0.3, 0.4) is 0 Å². The van der Waals surface area contributed by atoms with Crippen molar-refractivity contribution in [2.75, 3.05) is 6.54 Å². The highest BCUT2D eigenvalue weighted by molar-refractivity contribution is 6.36. The molecule has 0 saturated heterocycles. The quantitative estimate of drug-likeness (QED) is 0.542. The molecule has 1 heterocycles. The molecule has 7 heteroatoms. The van der Waals surface area contributed by atoms with Gasteiger partial charge >= 0.3 is 5.97 Å². The average Bonchev–Trinajstić information content (AvgIpc) is 2.95. The Morgan fingerprint density at radius 1 is 1.19 bits per heavy atom. The van der Waals surface area contributed by atoms with Crippen LogP contribution in [0.5, 0.6) is 0 Å². The van der Waals surface area contributed by atoms with Crippen LogP contribution in [0.4, 0.5) is 8.78 Å². The first-order valence-corrected chi connectivity index (χ1v) is 8.53. The Morgan fingerprint density at radius 3 is 2.62 bits per heavy atom. The molecule has 3 rings (SSSR count). The number of H-pyrrole nitrogens is 1. The lowest BCUT2D eigenvalue weighted by atomic mass is 9.97. The number of unbranched alkanes of at least 4 members (excludes halogenated alkanes) is 1. The van der Waals surface area contributed by atoms with Gasteiger partial charge in [0.05, 0.1) is 21.8 Å². The molecule has 26 heavy (non-hydrogen) atoms. The number of carbonyl (C=O) groups is 1. The molecule has 0 amide bonds. The third-order valence-corrected chi connectivity index (χ3v) is 4.63. The van der Waals surface area contributed by atoms with Gasteiger partial charge in [-0.1, -0.05) is 11.6 Å². The maximum atomic E-state index is 14.4.